The molecule has 1 heterocycles. The molecule has 2 aromatic carbocycles. The molecule has 1 N–H and O–H groups in total. The number of amides is 1. The van der Waals surface area contributed by atoms with Crippen LogP contribution >= 0.6 is 12.2 Å². The quantitative estimate of drug-likeness (QED) is 0.480. The summed E-state index contributed by atoms with van der Waals surface area (Å²) in [6.07, 6.45) is 1.79. The highest BCUT2D eigenvalue weighted by Crippen LogP contribution is 2.29. The van der Waals surface area contributed by atoms with Gasteiger partial charge in [0.25, 0.3) is 5.91 Å². The lowest BCUT2D eigenvalue weighted by Crippen LogP contribution is -2.30. The van der Waals surface area contributed by atoms with Crippen molar-refractivity contribution in [1.29, 1.82) is 0 Å². The molecule has 0 bridgehead atoms. The van der Waals surface area contributed by atoms with Gasteiger partial charge in [-0.05, 0) is 74.5 Å². The molecule has 0 aromatic heterocycles. The van der Waals surface area contributed by atoms with E-state index in [9.17, 15) is 4.79 Å². The third-order valence-corrected chi connectivity index (χ3v) is 4.81. The van der Waals surface area contributed by atoms with Crippen molar-refractivity contribution in [3.05, 3.63) is 59.3 Å². The lowest BCUT2D eigenvalue weighted by molar-refractivity contribution is -0.122. The zero-order valence-corrected chi connectivity index (χ0v) is 18.3. The van der Waals surface area contributed by atoms with Crippen LogP contribution in [0, 0.1) is 0 Å². The van der Waals surface area contributed by atoms with Crippen molar-refractivity contribution in [2.24, 2.45) is 0 Å². The van der Waals surface area contributed by atoms with Crippen LogP contribution in [0.25, 0.3) is 6.08 Å². The van der Waals surface area contributed by atoms with Gasteiger partial charge in [0.05, 0.1) is 13.2 Å². The molecule has 1 aliphatic heterocycles. The van der Waals surface area contributed by atoms with E-state index in [1.54, 1.807) is 6.08 Å². The Balaban J connectivity index is 1.64. The Kier molecular flexibility index (Phi) is 7.30. The van der Waals surface area contributed by atoms with Gasteiger partial charge in [0.1, 0.15) is 18.1 Å². The van der Waals surface area contributed by atoms with Gasteiger partial charge in [-0.25, -0.2) is 0 Å². The minimum atomic E-state index is -0.108. The van der Waals surface area contributed by atoms with Gasteiger partial charge in [0.15, 0.2) is 16.6 Å². The maximum atomic E-state index is 12.3. The van der Waals surface area contributed by atoms with Crippen molar-refractivity contribution in [2.75, 3.05) is 19.8 Å². The smallest absolute Gasteiger partial charge is 0.276 e. The fourth-order valence-electron chi connectivity index (χ4n) is 3.04. The SMILES string of the molecule is CCOc1ccc(COc2ccc(/C=C3/NC(=S)N(CC)C3=O)cc2)cc1OCC. The van der Waals surface area contributed by atoms with Gasteiger partial charge in [-0.1, -0.05) is 18.2 Å². The van der Waals surface area contributed by atoms with Crippen LogP contribution in [0.4, 0.5) is 0 Å². The van der Waals surface area contributed by atoms with E-state index in [2.05, 4.69) is 5.32 Å². The van der Waals surface area contributed by atoms with Gasteiger partial charge >= 0.3 is 0 Å². The van der Waals surface area contributed by atoms with Gasteiger partial charge in [-0.15, -0.1) is 0 Å². The molecule has 1 amide bonds. The molecule has 6 nitrogen and oxygen atoms in total. The first kappa shape index (κ1) is 21.6. The van der Waals surface area contributed by atoms with Crippen molar-refractivity contribution in [3.63, 3.8) is 0 Å². The number of hydrogen-bond acceptors (Lipinski definition) is 5. The Hall–Kier alpha value is -3.06. The topological polar surface area (TPSA) is 60.0 Å². The molecule has 158 valence electrons. The molecule has 3 rings (SSSR count). The molecular formula is C23H26N2O4S. The van der Waals surface area contributed by atoms with E-state index in [4.69, 9.17) is 26.4 Å². The molecule has 7 heteroatoms. The van der Waals surface area contributed by atoms with Crippen molar-refractivity contribution in [3.8, 4) is 17.2 Å². The Bertz CT molecular complexity index is 941. The summed E-state index contributed by atoms with van der Waals surface area (Å²) in [4.78, 5) is 13.8. The predicted molar refractivity (Wildman–Crippen MR) is 121 cm³/mol. The molecule has 1 aliphatic rings. The summed E-state index contributed by atoms with van der Waals surface area (Å²) in [5, 5.41) is 3.40. The van der Waals surface area contributed by atoms with E-state index < -0.39 is 0 Å². The molecule has 0 radical (unpaired) electrons. The predicted octanol–water partition coefficient (Wildman–Crippen LogP) is 4.14. The van der Waals surface area contributed by atoms with Crippen molar-refractivity contribution in [2.45, 2.75) is 27.4 Å². The van der Waals surface area contributed by atoms with E-state index in [1.165, 1.54) is 4.90 Å². The largest absolute Gasteiger partial charge is 0.490 e. The van der Waals surface area contributed by atoms with E-state index in [-0.39, 0.29) is 5.91 Å². The number of likely N-dealkylation sites (N-methyl/N-ethyl adjacent to an activating group) is 1. The maximum Gasteiger partial charge on any atom is 0.276 e. The summed E-state index contributed by atoms with van der Waals surface area (Å²) in [5.74, 6) is 2.08. The zero-order valence-electron chi connectivity index (χ0n) is 17.4. The fourth-order valence-corrected chi connectivity index (χ4v) is 3.36. The van der Waals surface area contributed by atoms with Gasteiger partial charge in [-0.2, -0.15) is 0 Å². The summed E-state index contributed by atoms with van der Waals surface area (Å²) < 4.78 is 17.1. The van der Waals surface area contributed by atoms with Crippen molar-refractivity contribution < 1.29 is 19.0 Å². The number of carbonyl (C=O) groups excluding carboxylic acids is 1. The van der Waals surface area contributed by atoms with Gasteiger partial charge in [0, 0.05) is 6.54 Å². The normalized spacial score (nSPS) is 14.8. The molecule has 2 aromatic rings. The second-order valence-electron chi connectivity index (χ2n) is 6.54. The molecule has 0 aliphatic carbocycles. The number of benzene rings is 2. The Morgan fingerprint density at radius 2 is 1.67 bits per heavy atom. The molecule has 1 saturated heterocycles. The minimum Gasteiger partial charge on any atom is -0.490 e. The molecule has 1 fully saturated rings. The van der Waals surface area contributed by atoms with E-state index in [1.807, 2.05) is 63.2 Å². The number of nitrogens with one attached hydrogen (secondary N) is 1. The number of ether oxygens (including phenoxy) is 3. The summed E-state index contributed by atoms with van der Waals surface area (Å²) in [7, 11) is 0. The molecule has 0 atom stereocenters. The number of hydrogen-bond donors (Lipinski definition) is 1. The summed E-state index contributed by atoms with van der Waals surface area (Å²) in [6, 6.07) is 13.4. The van der Waals surface area contributed by atoms with Crippen LogP contribution in [0.5, 0.6) is 17.2 Å². The molecule has 0 saturated carbocycles. The van der Waals surface area contributed by atoms with Crippen molar-refractivity contribution >= 4 is 29.3 Å². The van der Waals surface area contributed by atoms with E-state index in [0.29, 0.717) is 37.2 Å². The van der Waals surface area contributed by atoms with Crippen LogP contribution in [0.15, 0.2) is 48.2 Å². The second-order valence-corrected chi connectivity index (χ2v) is 6.93. The van der Waals surface area contributed by atoms with Crippen molar-refractivity contribution in [1.82, 2.24) is 10.2 Å². The van der Waals surface area contributed by atoms with E-state index in [0.717, 1.165) is 28.4 Å². The van der Waals surface area contributed by atoms with Gasteiger partial charge in [-0.3, -0.25) is 9.69 Å². The standard InChI is InChI=1S/C23H26N2O4S/c1-4-25-22(26)19(24-23(25)30)13-16-7-10-18(11-8-16)29-15-17-9-12-20(27-5-2)21(14-17)28-6-3/h7-14H,4-6,15H2,1-3H3,(H,24,30)/b19-13+. The number of carbonyl (C=O) groups is 1. The first-order valence-corrected chi connectivity index (χ1v) is 10.4. The van der Waals surface area contributed by atoms with Crippen LogP contribution in [0.1, 0.15) is 31.9 Å². The summed E-state index contributed by atoms with van der Waals surface area (Å²) >= 11 is 5.18. The van der Waals surface area contributed by atoms with Crippen LogP contribution < -0.4 is 19.5 Å². The maximum absolute atomic E-state index is 12.3. The van der Waals surface area contributed by atoms with Crippen LogP contribution in [-0.2, 0) is 11.4 Å². The van der Waals surface area contributed by atoms with Gasteiger partial charge < -0.3 is 19.5 Å². The highest BCUT2D eigenvalue weighted by Gasteiger charge is 2.28. The number of thiocarbonyl (C=S) groups is 1. The third-order valence-electron chi connectivity index (χ3n) is 4.48. The van der Waals surface area contributed by atoms with Gasteiger partial charge in [0.2, 0.25) is 0 Å². The lowest BCUT2D eigenvalue weighted by Gasteiger charge is -2.13. The zero-order chi connectivity index (χ0) is 21.5. The second kappa shape index (κ2) is 10.1. The number of rotatable bonds is 9. The fraction of sp³-hybridized carbons (Fsp3) is 0.304. The highest BCUT2D eigenvalue weighted by molar-refractivity contribution is 7.80. The Morgan fingerprint density at radius 3 is 2.30 bits per heavy atom. The lowest BCUT2D eigenvalue weighted by atomic mass is 10.2. The minimum absolute atomic E-state index is 0.108. The average Bonchev–Trinajstić information content (AvgIpc) is 3.01. The van der Waals surface area contributed by atoms with E-state index >= 15 is 0 Å². The van der Waals surface area contributed by atoms with Crippen LogP contribution in [0.3, 0.4) is 0 Å². The van der Waals surface area contributed by atoms with Crippen LogP contribution in [-0.4, -0.2) is 35.7 Å². The molecule has 0 spiro atoms. The monoisotopic (exact) mass is 426 g/mol. The Labute approximate surface area is 182 Å². The molecule has 30 heavy (non-hydrogen) atoms. The molecular weight excluding hydrogens is 400 g/mol. The average molecular weight is 427 g/mol. The third kappa shape index (κ3) is 5.10. The summed E-state index contributed by atoms with van der Waals surface area (Å²) in [5.41, 5.74) is 2.36. The first-order valence-electron chi connectivity index (χ1n) is 10.0. The molecule has 0 unspecified atom stereocenters. The Morgan fingerprint density at radius 1 is 0.967 bits per heavy atom. The summed E-state index contributed by atoms with van der Waals surface area (Å²) in [6.45, 7) is 7.89. The van der Waals surface area contributed by atoms with Crippen LogP contribution in [0.2, 0.25) is 0 Å². The highest BCUT2D eigenvalue weighted by atomic mass is 32.1. The first-order chi connectivity index (χ1) is 14.5. The number of nitrogens with zero attached hydrogens (tertiary/aromatic N) is 1.